The van der Waals surface area contributed by atoms with Crippen molar-refractivity contribution in [1.29, 1.82) is 0 Å². The number of methoxy groups -OCH3 is 2. The van der Waals surface area contributed by atoms with Crippen LogP contribution in [0.4, 0.5) is 11.5 Å². The van der Waals surface area contributed by atoms with Gasteiger partial charge in [-0.3, -0.25) is 0 Å². The van der Waals surface area contributed by atoms with Crippen LogP contribution in [0.5, 0.6) is 11.5 Å². The molecule has 6 heteroatoms. The highest BCUT2D eigenvalue weighted by Gasteiger charge is 2.11. The zero-order valence-corrected chi connectivity index (χ0v) is 18.5. The largest absolute Gasteiger partial charge is 0.497 e. The smallest absolute Gasteiger partial charge is 0.131 e. The van der Waals surface area contributed by atoms with Crippen LogP contribution in [0, 0.1) is 0 Å². The van der Waals surface area contributed by atoms with Crippen molar-refractivity contribution in [3.05, 3.63) is 78.0 Å². The van der Waals surface area contributed by atoms with Gasteiger partial charge in [0.1, 0.15) is 17.3 Å². The van der Waals surface area contributed by atoms with Crippen LogP contribution in [0.2, 0.25) is 0 Å². The van der Waals surface area contributed by atoms with Crippen molar-refractivity contribution in [3.8, 4) is 11.5 Å². The van der Waals surface area contributed by atoms with Crippen LogP contribution < -0.4 is 19.7 Å². The average molecular weight is 422 g/mol. The third-order valence-electron chi connectivity index (χ3n) is 4.91. The maximum Gasteiger partial charge on any atom is 0.131 e. The number of hydrogen-bond acceptors (Lipinski definition) is 6. The van der Waals surface area contributed by atoms with E-state index in [4.69, 9.17) is 14.2 Å². The van der Waals surface area contributed by atoms with E-state index in [0.717, 1.165) is 49.2 Å². The zero-order valence-electron chi connectivity index (χ0n) is 18.5. The van der Waals surface area contributed by atoms with Crippen LogP contribution in [0.15, 0.2) is 66.9 Å². The lowest BCUT2D eigenvalue weighted by Gasteiger charge is -2.25. The molecule has 1 aromatic heterocycles. The van der Waals surface area contributed by atoms with Gasteiger partial charge in [0.2, 0.25) is 0 Å². The highest BCUT2D eigenvalue weighted by Crippen LogP contribution is 2.23. The molecule has 0 radical (unpaired) electrons. The maximum atomic E-state index is 5.42. The molecule has 164 valence electrons. The Kier molecular flexibility index (Phi) is 8.55. The molecular weight excluding hydrogens is 390 g/mol. The first-order valence-electron chi connectivity index (χ1n) is 10.5. The number of hydrogen-bond donors (Lipinski definition) is 1. The number of benzene rings is 2. The van der Waals surface area contributed by atoms with Gasteiger partial charge in [-0.25, -0.2) is 4.98 Å². The Morgan fingerprint density at radius 3 is 1.94 bits per heavy atom. The fraction of sp³-hybridized carbons (Fsp3) is 0.320. The first kappa shape index (κ1) is 22.4. The van der Waals surface area contributed by atoms with Gasteiger partial charge in [-0.15, -0.1) is 0 Å². The minimum Gasteiger partial charge on any atom is -0.497 e. The number of nitrogens with zero attached hydrogens (tertiary/aromatic N) is 2. The first-order chi connectivity index (χ1) is 15.2. The molecule has 31 heavy (non-hydrogen) atoms. The molecule has 6 nitrogen and oxygen atoms in total. The second-order valence-corrected chi connectivity index (χ2v) is 7.08. The summed E-state index contributed by atoms with van der Waals surface area (Å²) in [6, 6.07) is 20.4. The van der Waals surface area contributed by atoms with E-state index in [2.05, 4.69) is 45.5 Å². The Balaban J connectivity index is 1.79. The minimum absolute atomic E-state index is 0.676. The van der Waals surface area contributed by atoms with Crippen molar-refractivity contribution in [2.75, 3.05) is 44.2 Å². The third-order valence-corrected chi connectivity index (χ3v) is 4.91. The number of nitrogens with one attached hydrogen (secondary N) is 1. The predicted octanol–water partition coefficient (Wildman–Crippen LogP) is 4.75. The van der Waals surface area contributed by atoms with Crippen LogP contribution in [0.25, 0.3) is 0 Å². The third kappa shape index (κ3) is 6.89. The van der Waals surface area contributed by atoms with E-state index in [1.165, 1.54) is 11.1 Å². The van der Waals surface area contributed by atoms with Gasteiger partial charge in [-0.2, -0.15) is 0 Å². The number of rotatable bonds is 12. The van der Waals surface area contributed by atoms with Crippen LogP contribution in [-0.2, 0) is 17.8 Å². The van der Waals surface area contributed by atoms with E-state index in [-0.39, 0.29) is 0 Å². The monoisotopic (exact) mass is 421 g/mol. The fourth-order valence-electron chi connectivity index (χ4n) is 3.23. The van der Waals surface area contributed by atoms with E-state index in [1.807, 2.05) is 43.5 Å². The Labute approximate surface area is 184 Å². The molecular formula is C25H31N3O3. The molecule has 1 N–H and O–H groups in total. The lowest BCUT2D eigenvalue weighted by molar-refractivity contribution is 0.158. The molecule has 0 fully saturated rings. The molecule has 3 aromatic rings. The number of ether oxygens (including phenoxy) is 3. The normalized spacial score (nSPS) is 10.5. The van der Waals surface area contributed by atoms with Gasteiger partial charge in [0, 0.05) is 44.2 Å². The van der Waals surface area contributed by atoms with Crippen molar-refractivity contribution < 1.29 is 14.2 Å². The van der Waals surface area contributed by atoms with E-state index >= 15 is 0 Å². The minimum atomic E-state index is 0.676. The lowest BCUT2D eigenvalue weighted by Crippen LogP contribution is -2.23. The van der Waals surface area contributed by atoms with E-state index in [0.29, 0.717) is 6.61 Å². The van der Waals surface area contributed by atoms with Gasteiger partial charge < -0.3 is 24.4 Å². The van der Waals surface area contributed by atoms with Gasteiger partial charge in [-0.1, -0.05) is 24.3 Å². The summed E-state index contributed by atoms with van der Waals surface area (Å²) in [5.74, 6) is 2.61. The van der Waals surface area contributed by atoms with E-state index in [9.17, 15) is 0 Å². The molecule has 2 aromatic carbocycles. The summed E-state index contributed by atoms with van der Waals surface area (Å²) in [6.07, 6.45) is 1.84. The highest BCUT2D eigenvalue weighted by molar-refractivity contribution is 5.54. The van der Waals surface area contributed by atoms with Crippen molar-refractivity contribution in [1.82, 2.24) is 4.98 Å². The Morgan fingerprint density at radius 2 is 1.42 bits per heavy atom. The van der Waals surface area contributed by atoms with Crippen molar-refractivity contribution in [2.45, 2.75) is 20.0 Å². The second-order valence-electron chi connectivity index (χ2n) is 7.08. The Hall–Kier alpha value is -3.25. The van der Waals surface area contributed by atoms with E-state index in [1.54, 1.807) is 14.2 Å². The van der Waals surface area contributed by atoms with E-state index < -0.39 is 0 Å². The molecule has 0 aliphatic carbocycles. The quantitative estimate of drug-likeness (QED) is 0.426. The molecule has 0 unspecified atom stereocenters. The van der Waals surface area contributed by atoms with Crippen LogP contribution >= 0.6 is 0 Å². The topological polar surface area (TPSA) is 55.9 Å². The molecule has 1 heterocycles. The lowest BCUT2D eigenvalue weighted by atomic mass is 10.1. The molecule has 0 spiro atoms. The summed E-state index contributed by atoms with van der Waals surface area (Å²) in [6.45, 7) is 5.61. The summed E-state index contributed by atoms with van der Waals surface area (Å²) in [5.41, 5.74) is 3.40. The molecule has 0 atom stereocenters. The SMILES string of the molecule is CCOCCNc1ccnc(N(Cc2ccc(OC)cc2)Cc2ccc(OC)cc2)c1. The van der Waals surface area contributed by atoms with Gasteiger partial charge >= 0.3 is 0 Å². The summed E-state index contributed by atoms with van der Waals surface area (Å²) in [5, 5.41) is 3.41. The summed E-state index contributed by atoms with van der Waals surface area (Å²) in [7, 11) is 3.36. The van der Waals surface area contributed by atoms with Gasteiger partial charge in [0.25, 0.3) is 0 Å². The van der Waals surface area contributed by atoms with Gasteiger partial charge in [-0.05, 0) is 48.4 Å². The van der Waals surface area contributed by atoms with Gasteiger partial charge in [0.15, 0.2) is 0 Å². The zero-order chi connectivity index (χ0) is 21.9. The van der Waals surface area contributed by atoms with Crippen LogP contribution in [0.1, 0.15) is 18.1 Å². The molecule has 0 aliphatic heterocycles. The van der Waals surface area contributed by atoms with Crippen molar-refractivity contribution in [3.63, 3.8) is 0 Å². The Morgan fingerprint density at radius 1 is 0.839 bits per heavy atom. The van der Waals surface area contributed by atoms with Crippen molar-refractivity contribution >= 4 is 11.5 Å². The Bertz CT molecular complexity index is 865. The number of aromatic nitrogens is 1. The molecule has 3 rings (SSSR count). The summed E-state index contributed by atoms with van der Waals surface area (Å²) < 4.78 is 16.0. The first-order valence-corrected chi connectivity index (χ1v) is 10.5. The highest BCUT2D eigenvalue weighted by atomic mass is 16.5. The van der Waals surface area contributed by atoms with Gasteiger partial charge in [0.05, 0.1) is 20.8 Å². The predicted molar refractivity (Wildman–Crippen MR) is 125 cm³/mol. The maximum absolute atomic E-state index is 5.42. The number of pyridine rings is 1. The summed E-state index contributed by atoms with van der Waals surface area (Å²) in [4.78, 5) is 6.91. The van der Waals surface area contributed by atoms with Crippen molar-refractivity contribution in [2.24, 2.45) is 0 Å². The van der Waals surface area contributed by atoms with Crippen LogP contribution in [-0.4, -0.2) is 39.0 Å². The second kappa shape index (κ2) is 11.8. The standard InChI is InChI=1S/C25H31N3O3/c1-4-31-16-15-26-22-13-14-27-25(17-22)28(18-20-5-9-23(29-2)10-6-20)19-21-7-11-24(30-3)12-8-21/h5-14,17H,4,15-16,18-19H2,1-3H3,(H,26,27). The molecule has 0 amide bonds. The summed E-state index contributed by atoms with van der Waals surface area (Å²) >= 11 is 0. The fourth-order valence-corrected chi connectivity index (χ4v) is 3.23. The molecule has 0 saturated carbocycles. The molecule has 0 saturated heterocycles. The number of anilines is 2. The average Bonchev–Trinajstić information content (AvgIpc) is 2.82. The molecule has 0 aliphatic rings. The molecule has 0 bridgehead atoms. The van der Waals surface area contributed by atoms with Crippen LogP contribution in [0.3, 0.4) is 0 Å².